The van der Waals surface area contributed by atoms with Gasteiger partial charge in [0, 0.05) is 13.5 Å². The largest absolute Gasteiger partial charge is 0.475 e. The number of nitrogens with zero attached hydrogens (tertiary/aromatic N) is 2. The second-order valence-electron chi connectivity index (χ2n) is 3.76. The van der Waals surface area contributed by atoms with Gasteiger partial charge in [0.05, 0.1) is 25.4 Å². The third-order valence-corrected chi connectivity index (χ3v) is 2.40. The number of anilines is 1. The number of hydrogen-bond acceptors (Lipinski definition) is 6. The van der Waals surface area contributed by atoms with Crippen molar-refractivity contribution in [2.45, 2.75) is 20.3 Å². The molecule has 0 aromatic carbocycles. The van der Waals surface area contributed by atoms with Crippen molar-refractivity contribution in [3.05, 3.63) is 11.4 Å². The first kappa shape index (κ1) is 14.7. The summed E-state index contributed by atoms with van der Waals surface area (Å²) in [4.78, 5) is 8.45. The summed E-state index contributed by atoms with van der Waals surface area (Å²) in [5, 5.41) is 0. The first-order valence-corrected chi connectivity index (χ1v) is 6.01. The lowest BCUT2D eigenvalue weighted by atomic mass is 10.3. The quantitative estimate of drug-likeness (QED) is 0.697. The maximum absolute atomic E-state index is 5.79. The van der Waals surface area contributed by atoms with E-state index in [9.17, 15) is 0 Å². The number of nitrogens with two attached hydrogens (primary N) is 1. The summed E-state index contributed by atoms with van der Waals surface area (Å²) < 4.78 is 15.7. The van der Waals surface area contributed by atoms with Crippen molar-refractivity contribution in [2.24, 2.45) is 0 Å². The third kappa shape index (κ3) is 4.46. The topological polar surface area (TPSA) is 79.5 Å². The van der Waals surface area contributed by atoms with E-state index in [-0.39, 0.29) is 0 Å². The van der Waals surface area contributed by atoms with Gasteiger partial charge in [0.15, 0.2) is 0 Å². The Bertz CT molecular complexity index is 372. The SMILES string of the molecule is CCc1nc(N)c(C)c(OCCOCCOC)n1. The zero-order chi connectivity index (χ0) is 13.4. The fourth-order valence-corrected chi connectivity index (χ4v) is 1.30. The lowest BCUT2D eigenvalue weighted by Gasteiger charge is -2.11. The van der Waals surface area contributed by atoms with E-state index in [1.165, 1.54) is 0 Å². The number of aromatic nitrogens is 2. The van der Waals surface area contributed by atoms with Crippen molar-refractivity contribution in [1.29, 1.82) is 0 Å². The van der Waals surface area contributed by atoms with Crippen molar-refractivity contribution >= 4 is 5.82 Å². The Morgan fingerprint density at radius 3 is 2.50 bits per heavy atom. The van der Waals surface area contributed by atoms with E-state index in [1.54, 1.807) is 7.11 Å². The molecule has 0 aliphatic heterocycles. The number of nitrogen functional groups attached to an aromatic ring is 1. The summed E-state index contributed by atoms with van der Waals surface area (Å²) in [6.45, 7) is 5.89. The van der Waals surface area contributed by atoms with Gasteiger partial charge in [-0.2, -0.15) is 4.98 Å². The number of aryl methyl sites for hydroxylation is 1. The molecule has 1 aromatic heterocycles. The molecule has 0 spiro atoms. The molecule has 0 atom stereocenters. The normalized spacial score (nSPS) is 10.6. The fraction of sp³-hybridized carbons (Fsp3) is 0.667. The highest BCUT2D eigenvalue weighted by molar-refractivity contribution is 5.44. The molecule has 6 heteroatoms. The Morgan fingerprint density at radius 1 is 1.11 bits per heavy atom. The standard InChI is InChI=1S/C12H21N3O3/c1-4-10-14-11(13)9(2)12(15-10)18-8-7-17-6-5-16-3/h4-8H2,1-3H3,(H2,13,14,15). The first-order chi connectivity index (χ1) is 8.69. The van der Waals surface area contributed by atoms with Crippen LogP contribution in [-0.4, -0.2) is 43.5 Å². The molecule has 0 radical (unpaired) electrons. The van der Waals surface area contributed by atoms with Crippen LogP contribution in [0.2, 0.25) is 0 Å². The molecule has 0 aliphatic carbocycles. The zero-order valence-electron chi connectivity index (χ0n) is 11.2. The van der Waals surface area contributed by atoms with Crippen molar-refractivity contribution in [1.82, 2.24) is 9.97 Å². The van der Waals surface area contributed by atoms with Crippen molar-refractivity contribution < 1.29 is 14.2 Å². The first-order valence-electron chi connectivity index (χ1n) is 6.01. The van der Waals surface area contributed by atoms with E-state index in [0.717, 1.165) is 12.0 Å². The second-order valence-corrected chi connectivity index (χ2v) is 3.76. The Labute approximate surface area is 107 Å². The summed E-state index contributed by atoms with van der Waals surface area (Å²) in [6, 6.07) is 0. The van der Waals surface area contributed by atoms with Gasteiger partial charge >= 0.3 is 0 Å². The summed E-state index contributed by atoms with van der Waals surface area (Å²) in [7, 11) is 1.64. The molecule has 0 saturated heterocycles. The van der Waals surface area contributed by atoms with Gasteiger partial charge in [0.25, 0.3) is 0 Å². The number of hydrogen-bond donors (Lipinski definition) is 1. The molecule has 1 heterocycles. The van der Waals surface area contributed by atoms with Crippen LogP contribution in [0.5, 0.6) is 5.88 Å². The Kier molecular flexibility index (Phi) is 6.38. The minimum atomic E-state index is 0.435. The van der Waals surface area contributed by atoms with Crippen LogP contribution < -0.4 is 10.5 Å². The average molecular weight is 255 g/mol. The smallest absolute Gasteiger partial charge is 0.221 e. The number of ether oxygens (including phenoxy) is 3. The van der Waals surface area contributed by atoms with Crippen LogP contribution in [-0.2, 0) is 15.9 Å². The summed E-state index contributed by atoms with van der Waals surface area (Å²) in [6.07, 6.45) is 0.727. The van der Waals surface area contributed by atoms with Gasteiger partial charge in [-0.3, -0.25) is 0 Å². The molecule has 0 saturated carbocycles. The summed E-state index contributed by atoms with van der Waals surface area (Å²) >= 11 is 0. The predicted molar refractivity (Wildman–Crippen MR) is 68.7 cm³/mol. The zero-order valence-corrected chi connectivity index (χ0v) is 11.2. The van der Waals surface area contributed by atoms with Crippen molar-refractivity contribution in [2.75, 3.05) is 39.3 Å². The molecule has 6 nitrogen and oxygen atoms in total. The molecule has 102 valence electrons. The van der Waals surface area contributed by atoms with Crippen LogP contribution in [0.4, 0.5) is 5.82 Å². The van der Waals surface area contributed by atoms with Crippen LogP contribution in [0.3, 0.4) is 0 Å². The highest BCUT2D eigenvalue weighted by Crippen LogP contribution is 2.19. The molecule has 18 heavy (non-hydrogen) atoms. The molecule has 1 rings (SSSR count). The van der Waals surface area contributed by atoms with Crippen LogP contribution in [0, 0.1) is 6.92 Å². The van der Waals surface area contributed by atoms with Crippen LogP contribution >= 0.6 is 0 Å². The predicted octanol–water partition coefficient (Wildman–Crippen LogP) is 0.971. The van der Waals surface area contributed by atoms with Gasteiger partial charge in [-0.05, 0) is 6.92 Å². The molecule has 2 N–H and O–H groups in total. The van der Waals surface area contributed by atoms with E-state index in [0.29, 0.717) is 43.9 Å². The van der Waals surface area contributed by atoms with Gasteiger partial charge in [-0.1, -0.05) is 6.92 Å². The highest BCUT2D eigenvalue weighted by Gasteiger charge is 2.08. The van der Waals surface area contributed by atoms with Crippen LogP contribution in [0.15, 0.2) is 0 Å². The van der Waals surface area contributed by atoms with E-state index >= 15 is 0 Å². The van der Waals surface area contributed by atoms with Gasteiger partial charge in [-0.15, -0.1) is 0 Å². The Hall–Kier alpha value is -1.40. The van der Waals surface area contributed by atoms with Crippen LogP contribution in [0.25, 0.3) is 0 Å². The molecule has 0 bridgehead atoms. The van der Waals surface area contributed by atoms with E-state index in [1.807, 2.05) is 13.8 Å². The molecule has 1 aromatic rings. The van der Waals surface area contributed by atoms with Gasteiger partial charge < -0.3 is 19.9 Å². The van der Waals surface area contributed by atoms with Gasteiger partial charge in [0.1, 0.15) is 18.2 Å². The Morgan fingerprint density at radius 2 is 1.83 bits per heavy atom. The van der Waals surface area contributed by atoms with E-state index in [4.69, 9.17) is 19.9 Å². The third-order valence-electron chi connectivity index (χ3n) is 2.40. The highest BCUT2D eigenvalue weighted by atomic mass is 16.5. The second kappa shape index (κ2) is 7.84. The van der Waals surface area contributed by atoms with Crippen LogP contribution in [0.1, 0.15) is 18.3 Å². The fourth-order valence-electron chi connectivity index (χ4n) is 1.30. The maximum atomic E-state index is 5.79. The summed E-state index contributed by atoms with van der Waals surface area (Å²) in [5.41, 5.74) is 6.56. The lowest BCUT2D eigenvalue weighted by Crippen LogP contribution is -2.12. The van der Waals surface area contributed by atoms with Gasteiger partial charge in [0.2, 0.25) is 5.88 Å². The molecule has 0 amide bonds. The number of methoxy groups -OCH3 is 1. The lowest BCUT2D eigenvalue weighted by molar-refractivity contribution is 0.0535. The van der Waals surface area contributed by atoms with Crippen molar-refractivity contribution in [3.8, 4) is 5.88 Å². The maximum Gasteiger partial charge on any atom is 0.221 e. The molecule has 0 fully saturated rings. The molecular formula is C12H21N3O3. The molecule has 0 aliphatic rings. The summed E-state index contributed by atoms with van der Waals surface area (Å²) in [5.74, 6) is 1.69. The van der Waals surface area contributed by atoms with Gasteiger partial charge in [-0.25, -0.2) is 4.98 Å². The number of rotatable bonds is 8. The van der Waals surface area contributed by atoms with Crippen molar-refractivity contribution in [3.63, 3.8) is 0 Å². The average Bonchev–Trinajstić information content (AvgIpc) is 2.38. The van der Waals surface area contributed by atoms with E-state index < -0.39 is 0 Å². The van der Waals surface area contributed by atoms with E-state index in [2.05, 4.69) is 9.97 Å². The Balaban J connectivity index is 2.44. The molecule has 0 unspecified atom stereocenters. The monoisotopic (exact) mass is 255 g/mol. The minimum Gasteiger partial charge on any atom is -0.475 e. The minimum absolute atomic E-state index is 0.435. The molecular weight excluding hydrogens is 234 g/mol.